The fourth-order valence-corrected chi connectivity index (χ4v) is 1.40. The lowest BCUT2D eigenvalue weighted by atomic mass is 10.2. The number of benzene rings is 1. The van der Waals surface area contributed by atoms with Crippen molar-refractivity contribution in [1.82, 2.24) is 5.32 Å². The molecule has 1 aromatic rings. The lowest BCUT2D eigenvalue weighted by Crippen LogP contribution is -2.33. The summed E-state index contributed by atoms with van der Waals surface area (Å²) in [5, 5.41) is 13.1. The Morgan fingerprint density at radius 2 is 2.12 bits per heavy atom. The highest BCUT2D eigenvalue weighted by Gasteiger charge is 2.06. The number of carboxylic acids is 1. The predicted molar refractivity (Wildman–Crippen MR) is 63.5 cm³/mol. The molecule has 0 radical (unpaired) electrons. The molecule has 5 nitrogen and oxygen atoms in total. The van der Waals surface area contributed by atoms with Crippen molar-refractivity contribution in [3.8, 4) is 0 Å². The highest BCUT2D eigenvalue weighted by atomic mass is 79.9. The maximum atomic E-state index is 11.3. The van der Waals surface area contributed by atoms with Gasteiger partial charge in [0.15, 0.2) is 0 Å². The van der Waals surface area contributed by atoms with Gasteiger partial charge in [0.1, 0.15) is 6.54 Å². The van der Waals surface area contributed by atoms with Gasteiger partial charge < -0.3 is 15.7 Å². The van der Waals surface area contributed by atoms with Gasteiger partial charge in [0.2, 0.25) is 0 Å². The number of amides is 2. The van der Waals surface area contributed by atoms with Crippen LogP contribution in [0.2, 0.25) is 0 Å². The fourth-order valence-electron chi connectivity index (χ4n) is 1.06. The standard InChI is InChI=1S/C10H11BrN2O3/c1-6-2-3-7(11)8(4-6)13-10(16)12-5-9(14)15/h2-4H,5H2,1H3,(H,14,15)(H2,12,13,16). The van der Waals surface area contributed by atoms with Crippen molar-refractivity contribution < 1.29 is 14.7 Å². The quantitative estimate of drug-likeness (QED) is 0.795. The van der Waals surface area contributed by atoms with E-state index >= 15 is 0 Å². The maximum absolute atomic E-state index is 11.3. The number of hydrogen-bond acceptors (Lipinski definition) is 2. The van der Waals surface area contributed by atoms with Crippen LogP contribution in [-0.2, 0) is 4.79 Å². The highest BCUT2D eigenvalue weighted by molar-refractivity contribution is 9.10. The van der Waals surface area contributed by atoms with E-state index in [1.807, 2.05) is 19.1 Å². The lowest BCUT2D eigenvalue weighted by molar-refractivity contribution is -0.135. The van der Waals surface area contributed by atoms with Gasteiger partial charge >= 0.3 is 12.0 Å². The second-order valence-electron chi connectivity index (χ2n) is 3.18. The van der Waals surface area contributed by atoms with Crippen molar-refractivity contribution in [1.29, 1.82) is 0 Å². The molecule has 0 bridgehead atoms. The molecule has 0 aliphatic heterocycles. The Hall–Kier alpha value is -1.56. The normalized spacial score (nSPS) is 9.62. The van der Waals surface area contributed by atoms with E-state index in [2.05, 4.69) is 26.6 Å². The summed E-state index contributed by atoms with van der Waals surface area (Å²) >= 11 is 3.28. The number of nitrogens with one attached hydrogen (secondary N) is 2. The molecule has 86 valence electrons. The summed E-state index contributed by atoms with van der Waals surface area (Å²) in [6, 6.07) is 4.94. The van der Waals surface area contributed by atoms with Gasteiger partial charge in [-0.15, -0.1) is 0 Å². The van der Waals surface area contributed by atoms with Crippen LogP contribution < -0.4 is 10.6 Å². The number of urea groups is 1. The number of carbonyl (C=O) groups excluding carboxylic acids is 1. The molecule has 0 heterocycles. The molecule has 0 unspecified atom stereocenters. The van der Waals surface area contributed by atoms with Crippen LogP contribution in [0.25, 0.3) is 0 Å². The highest BCUT2D eigenvalue weighted by Crippen LogP contribution is 2.22. The third-order valence-electron chi connectivity index (χ3n) is 1.77. The first-order chi connectivity index (χ1) is 7.49. The van der Waals surface area contributed by atoms with Crippen LogP contribution in [0.3, 0.4) is 0 Å². The molecular weight excluding hydrogens is 276 g/mol. The summed E-state index contributed by atoms with van der Waals surface area (Å²) in [4.78, 5) is 21.5. The predicted octanol–water partition coefficient (Wildman–Crippen LogP) is 1.96. The van der Waals surface area contributed by atoms with E-state index < -0.39 is 18.5 Å². The average molecular weight is 287 g/mol. The first-order valence-electron chi connectivity index (χ1n) is 4.52. The van der Waals surface area contributed by atoms with Crippen molar-refractivity contribution in [3.63, 3.8) is 0 Å². The van der Waals surface area contributed by atoms with Crippen molar-refractivity contribution in [2.45, 2.75) is 6.92 Å². The fraction of sp³-hybridized carbons (Fsp3) is 0.200. The first kappa shape index (κ1) is 12.5. The third-order valence-corrected chi connectivity index (χ3v) is 2.46. The number of carboxylic acid groups (broad SMARTS) is 1. The van der Waals surface area contributed by atoms with Crippen LogP contribution in [0.1, 0.15) is 5.56 Å². The molecule has 16 heavy (non-hydrogen) atoms. The zero-order chi connectivity index (χ0) is 12.1. The van der Waals surface area contributed by atoms with Crippen LogP contribution in [0.5, 0.6) is 0 Å². The largest absolute Gasteiger partial charge is 0.480 e. The smallest absolute Gasteiger partial charge is 0.323 e. The molecule has 0 aliphatic carbocycles. The van der Waals surface area contributed by atoms with Crippen LogP contribution >= 0.6 is 15.9 Å². The van der Waals surface area contributed by atoms with E-state index in [-0.39, 0.29) is 0 Å². The number of halogens is 1. The van der Waals surface area contributed by atoms with E-state index in [9.17, 15) is 9.59 Å². The molecule has 1 rings (SSSR count). The van der Waals surface area contributed by atoms with E-state index in [0.29, 0.717) is 5.69 Å². The second kappa shape index (κ2) is 5.50. The summed E-state index contributed by atoms with van der Waals surface area (Å²) in [5.41, 5.74) is 1.60. The molecule has 6 heteroatoms. The molecule has 0 spiro atoms. The first-order valence-corrected chi connectivity index (χ1v) is 5.31. The van der Waals surface area contributed by atoms with Crippen molar-refractivity contribution >= 4 is 33.6 Å². The van der Waals surface area contributed by atoms with Gasteiger partial charge in [0, 0.05) is 4.47 Å². The van der Waals surface area contributed by atoms with Gasteiger partial charge in [-0.1, -0.05) is 6.07 Å². The number of hydrogen-bond donors (Lipinski definition) is 3. The van der Waals surface area contributed by atoms with Gasteiger partial charge in [-0.2, -0.15) is 0 Å². The molecule has 0 saturated heterocycles. The zero-order valence-electron chi connectivity index (χ0n) is 8.58. The Labute approximate surface area is 101 Å². The summed E-state index contributed by atoms with van der Waals surface area (Å²) in [7, 11) is 0. The Balaban J connectivity index is 2.62. The molecule has 2 amide bonds. The van der Waals surface area contributed by atoms with Crippen molar-refractivity contribution in [2.75, 3.05) is 11.9 Å². The molecule has 0 aliphatic rings. The third kappa shape index (κ3) is 3.90. The SMILES string of the molecule is Cc1ccc(Br)c(NC(=O)NCC(=O)O)c1. The zero-order valence-corrected chi connectivity index (χ0v) is 10.2. The molecule has 0 fully saturated rings. The van der Waals surface area contributed by atoms with E-state index in [1.54, 1.807) is 6.07 Å². The minimum atomic E-state index is -1.08. The van der Waals surface area contributed by atoms with Gasteiger partial charge in [0.25, 0.3) is 0 Å². The van der Waals surface area contributed by atoms with Gasteiger partial charge in [0.05, 0.1) is 5.69 Å². The minimum absolute atomic E-state index is 0.407. The number of aliphatic carboxylic acids is 1. The maximum Gasteiger partial charge on any atom is 0.323 e. The number of anilines is 1. The molecule has 0 atom stereocenters. The van der Waals surface area contributed by atoms with E-state index in [0.717, 1.165) is 10.0 Å². The topological polar surface area (TPSA) is 78.4 Å². The van der Waals surface area contributed by atoms with Crippen LogP contribution in [0.4, 0.5) is 10.5 Å². The van der Waals surface area contributed by atoms with Crippen LogP contribution in [0.15, 0.2) is 22.7 Å². The summed E-state index contributed by atoms with van der Waals surface area (Å²) in [5.74, 6) is -1.08. The summed E-state index contributed by atoms with van der Waals surface area (Å²) in [6.45, 7) is 1.49. The molecule has 0 aromatic heterocycles. The van der Waals surface area contributed by atoms with Gasteiger partial charge in [-0.25, -0.2) is 4.79 Å². The Bertz CT molecular complexity index is 421. The Morgan fingerprint density at radius 3 is 2.75 bits per heavy atom. The number of carbonyl (C=O) groups is 2. The molecular formula is C10H11BrN2O3. The summed E-state index contributed by atoms with van der Waals surface area (Å²) in [6.07, 6.45) is 0. The lowest BCUT2D eigenvalue weighted by Gasteiger charge is -2.08. The van der Waals surface area contributed by atoms with E-state index in [1.165, 1.54) is 0 Å². The van der Waals surface area contributed by atoms with Crippen molar-refractivity contribution in [2.24, 2.45) is 0 Å². The monoisotopic (exact) mass is 286 g/mol. The van der Waals surface area contributed by atoms with Crippen LogP contribution in [0, 0.1) is 6.92 Å². The van der Waals surface area contributed by atoms with E-state index in [4.69, 9.17) is 5.11 Å². The molecule has 0 saturated carbocycles. The average Bonchev–Trinajstić information content (AvgIpc) is 2.20. The summed E-state index contributed by atoms with van der Waals surface area (Å²) < 4.78 is 0.739. The Morgan fingerprint density at radius 1 is 1.44 bits per heavy atom. The van der Waals surface area contributed by atoms with Gasteiger partial charge in [-0.05, 0) is 40.5 Å². The minimum Gasteiger partial charge on any atom is -0.480 e. The molecule has 1 aromatic carbocycles. The van der Waals surface area contributed by atoms with Crippen molar-refractivity contribution in [3.05, 3.63) is 28.2 Å². The van der Waals surface area contributed by atoms with Crippen LogP contribution in [-0.4, -0.2) is 23.7 Å². The molecule has 3 N–H and O–H groups in total. The Kier molecular flexibility index (Phi) is 4.30. The number of aryl methyl sites for hydroxylation is 1. The van der Waals surface area contributed by atoms with Gasteiger partial charge in [-0.3, -0.25) is 4.79 Å². The second-order valence-corrected chi connectivity index (χ2v) is 4.04. The number of rotatable bonds is 3.